The van der Waals surface area contributed by atoms with Crippen molar-refractivity contribution in [1.82, 2.24) is 10.6 Å². The molecule has 0 radical (unpaired) electrons. The van der Waals surface area contributed by atoms with Gasteiger partial charge in [0.1, 0.15) is 5.60 Å². The Morgan fingerprint density at radius 2 is 1.67 bits per heavy atom. The van der Waals surface area contributed by atoms with E-state index in [2.05, 4.69) is 16.0 Å². The molecular formula is C19H23N3O4S. The second-order valence-electron chi connectivity index (χ2n) is 6.66. The summed E-state index contributed by atoms with van der Waals surface area (Å²) in [5.41, 5.74) is 0.195. The Morgan fingerprint density at radius 3 is 2.33 bits per heavy atom. The third kappa shape index (κ3) is 6.74. The van der Waals surface area contributed by atoms with Crippen LogP contribution in [0.1, 0.15) is 40.8 Å². The maximum Gasteiger partial charge on any atom is 0.407 e. The number of carbonyl (C=O) groups excluding carboxylic acids is 3. The van der Waals surface area contributed by atoms with Crippen LogP contribution in [-0.2, 0) is 4.74 Å². The van der Waals surface area contributed by atoms with Crippen molar-refractivity contribution in [1.29, 1.82) is 0 Å². The lowest BCUT2D eigenvalue weighted by Gasteiger charge is -2.19. The van der Waals surface area contributed by atoms with Gasteiger partial charge in [-0.05, 0) is 44.4 Å². The van der Waals surface area contributed by atoms with E-state index in [1.165, 1.54) is 11.3 Å². The van der Waals surface area contributed by atoms with Gasteiger partial charge in [0.05, 0.1) is 16.1 Å². The van der Waals surface area contributed by atoms with Crippen LogP contribution in [0.4, 0.5) is 10.5 Å². The predicted octanol–water partition coefficient (Wildman–Crippen LogP) is 3.25. The monoisotopic (exact) mass is 389 g/mol. The summed E-state index contributed by atoms with van der Waals surface area (Å²) in [6.45, 7) is 5.77. The van der Waals surface area contributed by atoms with Crippen molar-refractivity contribution in [2.24, 2.45) is 0 Å². The summed E-state index contributed by atoms with van der Waals surface area (Å²) in [4.78, 5) is 36.7. The first-order valence-electron chi connectivity index (χ1n) is 8.45. The van der Waals surface area contributed by atoms with Crippen LogP contribution in [0.2, 0.25) is 0 Å². The van der Waals surface area contributed by atoms with Gasteiger partial charge in [-0.3, -0.25) is 9.59 Å². The van der Waals surface area contributed by atoms with E-state index in [1.807, 2.05) is 5.38 Å². The van der Waals surface area contributed by atoms with E-state index in [4.69, 9.17) is 4.74 Å². The zero-order chi connectivity index (χ0) is 19.9. The molecule has 0 atom stereocenters. The molecule has 144 valence electrons. The molecule has 0 fully saturated rings. The molecular weight excluding hydrogens is 366 g/mol. The summed E-state index contributed by atoms with van der Waals surface area (Å²) in [6.07, 6.45) is -0.541. The quantitative estimate of drug-likeness (QED) is 0.661. The zero-order valence-corrected chi connectivity index (χ0v) is 16.3. The highest BCUT2D eigenvalue weighted by Crippen LogP contribution is 2.17. The van der Waals surface area contributed by atoms with Crippen LogP contribution < -0.4 is 16.0 Å². The highest BCUT2D eigenvalue weighted by atomic mass is 32.1. The smallest absolute Gasteiger partial charge is 0.407 e. The summed E-state index contributed by atoms with van der Waals surface area (Å²) in [5.74, 6) is -0.611. The molecule has 0 spiro atoms. The normalized spacial score (nSPS) is 10.8. The zero-order valence-electron chi connectivity index (χ0n) is 15.5. The molecule has 3 amide bonds. The molecule has 0 bridgehead atoms. The van der Waals surface area contributed by atoms with Crippen LogP contribution in [0.15, 0.2) is 41.8 Å². The number of hydrogen-bond donors (Lipinski definition) is 3. The number of carbonyl (C=O) groups is 3. The summed E-state index contributed by atoms with van der Waals surface area (Å²) >= 11 is 1.32. The van der Waals surface area contributed by atoms with Crippen molar-refractivity contribution in [2.45, 2.75) is 26.4 Å². The highest BCUT2D eigenvalue weighted by Gasteiger charge is 2.16. The maximum absolute atomic E-state index is 12.4. The van der Waals surface area contributed by atoms with Gasteiger partial charge in [-0.15, -0.1) is 11.3 Å². The van der Waals surface area contributed by atoms with Crippen molar-refractivity contribution < 1.29 is 19.1 Å². The van der Waals surface area contributed by atoms with Gasteiger partial charge in [0.15, 0.2) is 0 Å². The number of hydrogen-bond acceptors (Lipinski definition) is 5. The summed E-state index contributed by atoms with van der Waals surface area (Å²) < 4.78 is 5.12. The SMILES string of the molecule is CC(C)(C)OC(=O)NCCNC(=O)c1ccccc1NC(=O)c1cccs1. The molecule has 1 aromatic heterocycles. The summed E-state index contributed by atoms with van der Waals surface area (Å²) in [7, 11) is 0. The number of anilines is 1. The molecule has 0 aliphatic carbocycles. The molecule has 2 rings (SSSR count). The van der Waals surface area contributed by atoms with Crippen molar-refractivity contribution in [2.75, 3.05) is 18.4 Å². The number of ether oxygens (including phenoxy) is 1. The van der Waals surface area contributed by atoms with Crippen molar-refractivity contribution in [3.63, 3.8) is 0 Å². The van der Waals surface area contributed by atoms with E-state index >= 15 is 0 Å². The van der Waals surface area contributed by atoms with Gasteiger partial charge in [-0.25, -0.2) is 4.79 Å². The van der Waals surface area contributed by atoms with E-state index in [1.54, 1.807) is 57.2 Å². The van der Waals surface area contributed by atoms with Crippen LogP contribution >= 0.6 is 11.3 Å². The number of alkyl carbamates (subject to hydrolysis) is 1. The van der Waals surface area contributed by atoms with Crippen molar-refractivity contribution >= 4 is 34.9 Å². The molecule has 1 aromatic carbocycles. The van der Waals surface area contributed by atoms with Crippen LogP contribution in [0.25, 0.3) is 0 Å². The lowest BCUT2D eigenvalue weighted by molar-refractivity contribution is 0.0526. The number of amides is 3. The molecule has 0 saturated carbocycles. The Balaban J connectivity index is 1.87. The minimum Gasteiger partial charge on any atom is -0.444 e. The topological polar surface area (TPSA) is 96.5 Å². The highest BCUT2D eigenvalue weighted by molar-refractivity contribution is 7.12. The molecule has 8 heteroatoms. The number of thiophene rings is 1. The molecule has 0 aliphatic heterocycles. The van der Waals surface area contributed by atoms with E-state index in [0.29, 0.717) is 16.1 Å². The number of para-hydroxylation sites is 1. The van der Waals surface area contributed by atoms with Crippen molar-refractivity contribution in [3.8, 4) is 0 Å². The van der Waals surface area contributed by atoms with Gasteiger partial charge in [0, 0.05) is 13.1 Å². The van der Waals surface area contributed by atoms with E-state index in [9.17, 15) is 14.4 Å². The molecule has 2 aromatic rings. The fraction of sp³-hybridized carbons (Fsp3) is 0.316. The fourth-order valence-corrected chi connectivity index (χ4v) is 2.75. The van der Waals surface area contributed by atoms with Gasteiger partial charge >= 0.3 is 6.09 Å². The minimum absolute atomic E-state index is 0.227. The predicted molar refractivity (Wildman–Crippen MR) is 105 cm³/mol. The first-order chi connectivity index (χ1) is 12.8. The summed E-state index contributed by atoms with van der Waals surface area (Å²) in [5, 5.41) is 9.83. The van der Waals surface area contributed by atoms with Gasteiger partial charge in [-0.2, -0.15) is 0 Å². The molecule has 0 saturated heterocycles. The Hall–Kier alpha value is -2.87. The number of rotatable bonds is 6. The van der Waals surface area contributed by atoms with E-state index < -0.39 is 11.7 Å². The lowest BCUT2D eigenvalue weighted by Crippen LogP contribution is -2.38. The van der Waals surface area contributed by atoms with Crippen LogP contribution in [0.3, 0.4) is 0 Å². The lowest BCUT2D eigenvalue weighted by atomic mass is 10.1. The molecule has 27 heavy (non-hydrogen) atoms. The second-order valence-corrected chi connectivity index (χ2v) is 7.61. The standard InChI is InChI=1S/C19H23N3O4S/c1-19(2,3)26-18(25)21-11-10-20-16(23)13-7-4-5-8-14(13)22-17(24)15-9-6-12-27-15/h4-9,12H,10-11H2,1-3H3,(H,20,23)(H,21,25)(H,22,24). The Labute approximate surface area is 162 Å². The third-order valence-corrected chi connectivity index (χ3v) is 4.11. The average Bonchev–Trinajstić information content (AvgIpc) is 3.12. The Morgan fingerprint density at radius 1 is 0.963 bits per heavy atom. The number of benzene rings is 1. The van der Waals surface area contributed by atoms with Gasteiger partial charge in [-0.1, -0.05) is 18.2 Å². The van der Waals surface area contributed by atoms with Crippen LogP contribution in [0.5, 0.6) is 0 Å². The average molecular weight is 389 g/mol. The molecule has 3 N–H and O–H groups in total. The third-order valence-electron chi connectivity index (χ3n) is 3.24. The second kappa shape index (κ2) is 9.18. The van der Waals surface area contributed by atoms with E-state index in [-0.39, 0.29) is 24.9 Å². The maximum atomic E-state index is 12.4. The fourth-order valence-electron chi connectivity index (χ4n) is 2.13. The van der Waals surface area contributed by atoms with Crippen LogP contribution in [0, 0.1) is 0 Å². The Kier molecular flexibility index (Phi) is 6.95. The van der Waals surface area contributed by atoms with Gasteiger partial charge in [0.25, 0.3) is 11.8 Å². The van der Waals surface area contributed by atoms with Crippen LogP contribution in [-0.4, -0.2) is 36.6 Å². The molecule has 0 unspecified atom stereocenters. The van der Waals surface area contributed by atoms with Gasteiger partial charge in [0.2, 0.25) is 0 Å². The number of nitrogens with one attached hydrogen (secondary N) is 3. The van der Waals surface area contributed by atoms with E-state index in [0.717, 1.165) is 0 Å². The van der Waals surface area contributed by atoms with Gasteiger partial charge < -0.3 is 20.7 Å². The largest absolute Gasteiger partial charge is 0.444 e. The first-order valence-corrected chi connectivity index (χ1v) is 9.33. The summed E-state index contributed by atoms with van der Waals surface area (Å²) in [6, 6.07) is 10.3. The minimum atomic E-state index is -0.576. The molecule has 7 nitrogen and oxygen atoms in total. The first kappa shape index (κ1) is 20.4. The molecule has 1 heterocycles. The Bertz CT molecular complexity index is 798. The van der Waals surface area contributed by atoms with Crippen molar-refractivity contribution in [3.05, 3.63) is 52.2 Å². The molecule has 0 aliphatic rings.